The van der Waals surface area contributed by atoms with Gasteiger partial charge in [-0.1, -0.05) is 69.7 Å². The van der Waals surface area contributed by atoms with Gasteiger partial charge in [0.25, 0.3) is 0 Å². The molecule has 3 rings (SSSR count). The zero-order valence-electron chi connectivity index (χ0n) is 17.2. The summed E-state index contributed by atoms with van der Waals surface area (Å²) in [6.07, 6.45) is 21.9. The summed E-state index contributed by atoms with van der Waals surface area (Å²) in [6, 6.07) is 10.0. The van der Waals surface area contributed by atoms with E-state index in [2.05, 4.69) is 25.1 Å². The van der Waals surface area contributed by atoms with Gasteiger partial charge in [-0.2, -0.15) is 5.26 Å². The monoisotopic (exact) mass is 363 g/mol. The molecular formula is C26H37N. The molecule has 0 bridgehead atoms. The van der Waals surface area contributed by atoms with Crippen molar-refractivity contribution in [2.24, 2.45) is 23.7 Å². The average Bonchev–Trinajstić information content (AvgIpc) is 2.73. The second-order valence-electron chi connectivity index (χ2n) is 9.06. The lowest BCUT2D eigenvalue weighted by atomic mass is 9.68. The van der Waals surface area contributed by atoms with Crippen LogP contribution >= 0.6 is 0 Å². The van der Waals surface area contributed by atoms with Gasteiger partial charge in [-0.15, -0.1) is 0 Å². The van der Waals surface area contributed by atoms with E-state index in [-0.39, 0.29) is 0 Å². The Hall–Kier alpha value is -1.55. The van der Waals surface area contributed by atoms with E-state index < -0.39 is 0 Å². The zero-order chi connectivity index (χ0) is 18.9. The van der Waals surface area contributed by atoms with Crippen LogP contribution in [-0.4, -0.2) is 0 Å². The first kappa shape index (κ1) is 20.2. The van der Waals surface area contributed by atoms with E-state index in [0.717, 1.165) is 29.2 Å². The molecule has 0 amide bonds. The highest BCUT2D eigenvalue weighted by molar-refractivity contribution is 5.50. The number of nitrogens with zero attached hydrogens (tertiary/aromatic N) is 1. The second kappa shape index (κ2) is 10.7. The number of hydrogen-bond donors (Lipinski definition) is 0. The molecule has 1 nitrogen and oxygen atoms in total. The Balaban J connectivity index is 1.32. The van der Waals surface area contributed by atoms with E-state index in [1.165, 1.54) is 82.6 Å². The van der Waals surface area contributed by atoms with Crippen molar-refractivity contribution in [1.29, 1.82) is 5.26 Å². The molecule has 0 aromatic heterocycles. The Labute approximate surface area is 166 Å². The van der Waals surface area contributed by atoms with E-state index in [0.29, 0.717) is 0 Å². The first-order chi connectivity index (χ1) is 13.3. The minimum atomic E-state index is 0.739. The third-order valence-electron chi connectivity index (χ3n) is 7.24. The molecule has 0 atom stereocenters. The summed E-state index contributed by atoms with van der Waals surface area (Å²) in [5, 5.41) is 8.85. The van der Waals surface area contributed by atoms with Crippen molar-refractivity contribution >= 4 is 6.08 Å². The smallest absolute Gasteiger partial charge is 0.0991 e. The van der Waals surface area contributed by atoms with Crippen LogP contribution in [0.15, 0.2) is 30.3 Å². The predicted molar refractivity (Wildman–Crippen MR) is 115 cm³/mol. The molecule has 27 heavy (non-hydrogen) atoms. The van der Waals surface area contributed by atoms with Crippen LogP contribution in [0.1, 0.15) is 95.1 Å². The van der Waals surface area contributed by atoms with Gasteiger partial charge in [0.15, 0.2) is 0 Å². The summed E-state index contributed by atoms with van der Waals surface area (Å²) >= 11 is 0. The number of hydrogen-bond acceptors (Lipinski definition) is 1. The van der Waals surface area contributed by atoms with Gasteiger partial charge in [-0.25, -0.2) is 0 Å². The normalized spacial score (nSPS) is 28.9. The molecule has 1 aromatic rings. The zero-order valence-corrected chi connectivity index (χ0v) is 17.2. The lowest BCUT2D eigenvalue weighted by molar-refractivity contribution is 0.141. The maximum Gasteiger partial charge on any atom is 0.0991 e. The van der Waals surface area contributed by atoms with Crippen molar-refractivity contribution in [2.45, 2.75) is 84.0 Å². The van der Waals surface area contributed by atoms with Crippen LogP contribution in [0.3, 0.4) is 0 Å². The maximum atomic E-state index is 8.85. The van der Waals surface area contributed by atoms with Crippen LogP contribution in [0.2, 0.25) is 0 Å². The topological polar surface area (TPSA) is 23.8 Å². The van der Waals surface area contributed by atoms with Crippen LogP contribution in [0.5, 0.6) is 0 Å². The third kappa shape index (κ3) is 6.24. The van der Waals surface area contributed by atoms with E-state index in [4.69, 9.17) is 5.26 Å². The second-order valence-corrected chi connectivity index (χ2v) is 9.06. The van der Waals surface area contributed by atoms with Crippen LogP contribution < -0.4 is 0 Å². The molecule has 0 spiro atoms. The summed E-state index contributed by atoms with van der Waals surface area (Å²) < 4.78 is 0. The summed E-state index contributed by atoms with van der Waals surface area (Å²) in [5.41, 5.74) is 1.94. The number of rotatable bonds is 7. The van der Waals surface area contributed by atoms with E-state index >= 15 is 0 Å². The predicted octanol–water partition coefficient (Wildman–Crippen LogP) is 7.76. The summed E-state index contributed by atoms with van der Waals surface area (Å²) in [5.74, 6) is 4.09. The highest BCUT2D eigenvalue weighted by atomic mass is 14.4. The van der Waals surface area contributed by atoms with E-state index in [1.54, 1.807) is 0 Å². The molecule has 2 fully saturated rings. The third-order valence-corrected chi connectivity index (χ3v) is 7.24. The molecule has 2 aliphatic carbocycles. The van der Waals surface area contributed by atoms with Gasteiger partial charge >= 0.3 is 0 Å². The fourth-order valence-electron chi connectivity index (χ4n) is 5.52. The number of benzene rings is 1. The summed E-state index contributed by atoms with van der Waals surface area (Å²) in [6.45, 7) is 2.34. The van der Waals surface area contributed by atoms with Gasteiger partial charge in [-0.3, -0.25) is 0 Å². The van der Waals surface area contributed by atoms with Gasteiger partial charge in [-0.05, 0) is 79.9 Å². The van der Waals surface area contributed by atoms with Crippen molar-refractivity contribution in [3.63, 3.8) is 0 Å². The van der Waals surface area contributed by atoms with E-state index in [9.17, 15) is 0 Å². The van der Waals surface area contributed by atoms with Crippen LogP contribution in [0.25, 0.3) is 6.08 Å². The Morgan fingerprint density at radius 1 is 0.852 bits per heavy atom. The van der Waals surface area contributed by atoms with Gasteiger partial charge in [0, 0.05) is 0 Å². The highest BCUT2D eigenvalue weighted by Crippen LogP contribution is 2.42. The molecule has 2 saturated carbocycles. The minimum Gasteiger partial charge on any atom is -0.192 e. The Bertz CT molecular complexity index is 605. The maximum absolute atomic E-state index is 8.85. The molecule has 0 N–H and O–H groups in total. The molecule has 0 unspecified atom stereocenters. The fraction of sp³-hybridized carbons (Fsp3) is 0.654. The standard InChI is InChI=1S/C26H37N/c1-2-5-21-12-16-25(17-13-21)26-18-14-23(15-19-26)7-4-3-6-22-8-10-24(20-27)11-9-22/h3,6,8-11,21,23,25-26H,2,4-5,7,12-19H2,1H3. The van der Waals surface area contributed by atoms with Crippen molar-refractivity contribution < 1.29 is 0 Å². The van der Waals surface area contributed by atoms with Crippen LogP contribution in [-0.2, 0) is 0 Å². The first-order valence-corrected chi connectivity index (χ1v) is 11.4. The Morgan fingerprint density at radius 2 is 1.41 bits per heavy atom. The molecular weight excluding hydrogens is 326 g/mol. The molecule has 1 aromatic carbocycles. The minimum absolute atomic E-state index is 0.739. The fourth-order valence-corrected chi connectivity index (χ4v) is 5.52. The molecule has 146 valence electrons. The van der Waals surface area contributed by atoms with E-state index in [1.807, 2.05) is 24.3 Å². The molecule has 0 heterocycles. The molecule has 0 saturated heterocycles. The average molecular weight is 364 g/mol. The number of allylic oxidation sites excluding steroid dienone is 1. The van der Waals surface area contributed by atoms with Gasteiger partial charge in [0.05, 0.1) is 11.6 Å². The van der Waals surface area contributed by atoms with Crippen molar-refractivity contribution in [3.05, 3.63) is 41.5 Å². The molecule has 2 aliphatic rings. The van der Waals surface area contributed by atoms with Crippen LogP contribution in [0.4, 0.5) is 0 Å². The number of nitriles is 1. The summed E-state index contributed by atoms with van der Waals surface area (Å²) in [7, 11) is 0. The van der Waals surface area contributed by atoms with Crippen molar-refractivity contribution in [3.8, 4) is 6.07 Å². The van der Waals surface area contributed by atoms with Gasteiger partial charge in [0.2, 0.25) is 0 Å². The van der Waals surface area contributed by atoms with Crippen LogP contribution in [0, 0.1) is 35.0 Å². The molecule has 1 heteroatoms. The Morgan fingerprint density at radius 3 is 1.93 bits per heavy atom. The van der Waals surface area contributed by atoms with Gasteiger partial charge < -0.3 is 0 Å². The van der Waals surface area contributed by atoms with Crippen molar-refractivity contribution in [1.82, 2.24) is 0 Å². The lowest BCUT2D eigenvalue weighted by Crippen LogP contribution is -2.25. The SMILES string of the molecule is CCCC1CCC(C2CCC(CCC=Cc3ccc(C#N)cc3)CC2)CC1. The van der Waals surface area contributed by atoms with Crippen molar-refractivity contribution in [2.75, 3.05) is 0 Å². The largest absolute Gasteiger partial charge is 0.192 e. The quantitative estimate of drug-likeness (QED) is 0.485. The summed E-state index contributed by atoms with van der Waals surface area (Å²) in [4.78, 5) is 0. The van der Waals surface area contributed by atoms with Gasteiger partial charge in [0.1, 0.15) is 0 Å². The highest BCUT2D eigenvalue weighted by Gasteiger charge is 2.30. The first-order valence-electron chi connectivity index (χ1n) is 11.4. The lowest BCUT2D eigenvalue weighted by Gasteiger charge is -2.38. The Kier molecular flexibility index (Phi) is 8.00. The molecule has 0 radical (unpaired) electrons. The molecule has 0 aliphatic heterocycles.